The first-order valence-corrected chi connectivity index (χ1v) is 11.6. The number of nitrogens with one attached hydrogen (secondary N) is 2. The minimum atomic E-state index is -1.02. The number of carboxylic acid groups (broad SMARTS) is 1. The maximum absolute atomic E-state index is 12.7. The van der Waals surface area contributed by atoms with Crippen molar-refractivity contribution in [3.8, 4) is 11.1 Å². The van der Waals surface area contributed by atoms with Crippen LogP contribution < -0.4 is 10.6 Å². The van der Waals surface area contributed by atoms with Gasteiger partial charge >= 0.3 is 12.1 Å². The van der Waals surface area contributed by atoms with Gasteiger partial charge in [-0.1, -0.05) is 55.5 Å². The molecule has 0 heterocycles. The van der Waals surface area contributed by atoms with Gasteiger partial charge in [0.1, 0.15) is 12.6 Å². The van der Waals surface area contributed by atoms with E-state index in [1.807, 2.05) is 24.3 Å². The lowest BCUT2D eigenvalue weighted by molar-refractivity contribution is -0.142. The van der Waals surface area contributed by atoms with Gasteiger partial charge in [-0.2, -0.15) is 0 Å². The number of fused-ring (bicyclic) bond motifs is 4. The minimum Gasteiger partial charge on any atom is -0.480 e. The largest absolute Gasteiger partial charge is 0.480 e. The quantitative estimate of drug-likeness (QED) is 0.599. The van der Waals surface area contributed by atoms with Crippen LogP contribution in [0.3, 0.4) is 0 Å². The summed E-state index contributed by atoms with van der Waals surface area (Å²) >= 11 is 0. The lowest BCUT2D eigenvalue weighted by Gasteiger charge is -2.20. The zero-order valence-corrected chi connectivity index (χ0v) is 18.5. The van der Waals surface area contributed by atoms with E-state index >= 15 is 0 Å². The van der Waals surface area contributed by atoms with Crippen molar-refractivity contribution in [2.75, 3.05) is 6.61 Å². The molecular weight excluding hydrogens is 420 g/mol. The molecule has 3 aliphatic carbocycles. The van der Waals surface area contributed by atoms with E-state index in [0.29, 0.717) is 19.3 Å². The second-order valence-electron chi connectivity index (χ2n) is 9.44. The van der Waals surface area contributed by atoms with E-state index in [2.05, 4.69) is 34.9 Å². The third kappa shape index (κ3) is 3.75. The van der Waals surface area contributed by atoms with Crippen molar-refractivity contribution >= 4 is 18.0 Å². The predicted octanol–water partition coefficient (Wildman–Crippen LogP) is 3.67. The number of rotatable bonds is 7. The zero-order valence-electron chi connectivity index (χ0n) is 18.5. The van der Waals surface area contributed by atoms with Gasteiger partial charge in [0.15, 0.2) is 0 Å². The van der Waals surface area contributed by atoms with Gasteiger partial charge in [-0.3, -0.25) is 4.79 Å². The number of aliphatic carboxylic acids is 1. The molecule has 33 heavy (non-hydrogen) atoms. The third-order valence-corrected chi connectivity index (χ3v) is 7.54. The van der Waals surface area contributed by atoms with Crippen LogP contribution in [0.15, 0.2) is 48.5 Å². The van der Waals surface area contributed by atoms with Crippen LogP contribution in [0.2, 0.25) is 0 Å². The maximum atomic E-state index is 12.7. The summed E-state index contributed by atoms with van der Waals surface area (Å²) in [5.74, 6) is -1.05. The van der Waals surface area contributed by atoms with E-state index in [9.17, 15) is 19.5 Å². The van der Waals surface area contributed by atoms with Crippen molar-refractivity contribution in [3.63, 3.8) is 0 Å². The molecule has 2 saturated carbocycles. The molecule has 0 aliphatic heterocycles. The summed E-state index contributed by atoms with van der Waals surface area (Å²) in [6.07, 6.45) is 1.84. The Morgan fingerprint density at radius 3 is 2.30 bits per heavy atom. The van der Waals surface area contributed by atoms with Gasteiger partial charge in [0.05, 0.1) is 5.41 Å². The summed E-state index contributed by atoms with van der Waals surface area (Å²) in [4.78, 5) is 36.6. The highest BCUT2D eigenvalue weighted by atomic mass is 16.5. The number of ether oxygens (including phenoxy) is 1. The van der Waals surface area contributed by atoms with Crippen LogP contribution >= 0.6 is 0 Å². The van der Waals surface area contributed by atoms with Crippen LogP contribution in [0, 0.1) is 11.3 Å². The van der Waals surface area contributed by atoms with Crippen LogP contribution in [0.5, 0.6) is 0 Å². The van der Waals surface area contributed by atoms with E-state index in [1.54, 1.807) is 6.92 Å². The van der Waals surface area contributed by atoms with Crippen LogP contribution in [-0.2, 0) is 14.3 Å². The van der Waals surface area contributed by atoms with Gasteiger partial charge in [0.2, 0.25) is 5.91 Å². The van der Waals surface area contributed by atoms with E-state index < -0.39 is 23.5 Å². The molecule has 7 nitrogen and oxygen atoms in total. The van der Waals surface area contributed by atoms with Crippen molar-refractivity contribution in [1.82, 2.24) is 10.6 Å². The number of carbonyl (C=O) groups is 3. The lowest BCUT2D eigenvalue weighted by Crippen LogP contribution is -2.45. The van der Waals surface area contributed by atoms with Gasteiger partial charge in [0.25, 0.3) is 0 Å². The van der Waals surface area contributed by atoms with Crippen LogP contribution in [0.25, 0.3) is 11.1 Å². The highest BCUT2D eigenvalue weighted by Crippen LogP contribution is 2.63. The monoisotopic (exact) mass is 448 g/mol. The van der Waals surface area contributed by atoms with Crippen molar-refractivity contribution < 1.29 is 24.2 Å². The van der Waals surface area contributed by atoms with Crippen molar-refractivity contribution in [2.45, 2.75) is 50.6 Å². The maximum Gasteiger partial charge on any atom is 0.407 e. The summed E-state index contributed by atoms with van der Waals surface area (Å²) in [6.45, 7) is 1.98. The highest BCUT2D eigenvalue weighted by Gasteiger charge is 2.65. The molecule has 2 amide bonds. The number of alkyl carbamates (subject to hydrolysis) is 1. The topological polar surface area (TPSA) is 105 Å². The molecular formula is C26H28N2O5. The van der Waals surface area contributed by atoms with E-state index in [0.717, 1.165) is 17.5 Å². The second kappa shape index (κ2) is 8.21. The van der Waals surface area contributed by atoms with Gasteiger partial charge in [-0.15, -0.1) is 0 Å². The molecule has 4 atom stereocenters. The summed E-state index contributed by atoms with van der Waals surface area (Å²) in [5.41, 5.74) is 4.13. The molecule has 7 heteroatoms. The fourth-order valence-electron chi connectivity index (χ4n) is 5.73. The molecule has 3 N–H and O–H groups in total. The first kappa shape index (κ1) is 21.5. The zero-order chi connectivity index (χ0) is 23.2. The Bertz CT molecular complexity index is 1070. The molecule has 0 unspecified atom stereocenters. The third-order valence-electron chi connectivity index (χ3n) is 7.54. The molecule has 5 rings (SSSR count). The smallest absolute Gasteiger partial charge is 0.407 e. The molecule has 0 saturated heterocycles. The molecule has 0 radical (unpaired) electrons. The Kier molecular flexibility index (Phi) is 5.35. The molecule has 2 aromatic carbocycles. The number of hydrogen-bond donors (Lipinski definition) is 3. The lowest BCUT2D eigenvalue weighted by atomic mass is 9.98. The van der Waals surface area contributed by atoms with E-state index in [1.165, 1.54) is 11.1 Å². The Labute approximate surface area is 192 Å². The van der Waals surface area contributed by atoms with E-state index in [4.69, 9.17) is 4.74 Å². The highest BCUT2D eigenvalue weighted by molar-refractivity contribution is 5.90. The summed E-state index contributed by atoms with van der Waals surface area (Å²) in [6, 6.07) is 15.4. The summed E-state index contributed by atoms with van der Waals surface area (Å²) < 4.78 is 5.63. The Balaban J connectivity index is 1.17. The van der Waals surface area contributed by atoms with Gasteiger partial charge in [-0.05, 0) is 53.9 Å². The SMILES string of the molecule is CC[C@H](NC(=O)[C@]12C[C@H](NC(=O)OCC3c4ccccc4-c4ccccc43)C[C@H]1C2)C(=O)O. The Hall–Kier alpha value is -3.35. The Morgan fingerprint density at radius 2 is 1.70 bits per heavy atom. The molecule has 3 aliphatic rings. The molecule has 0 aromatic heterocycles. The Morgan fingerprint density at radius 1 is 1.06 bits per heavy atom. The number of amides is 2. The minimum absolute atomic E-state index is 0.000697. The average molecular weight is 449 g/mol. The normalized spacial score (nSPS) is 25.4. The molecule has 2 fully saturated rings. The first-order chi connectivity index (χ1) is 15.9. The number of carboxylic acids is 1. The number of benzene rings is 2. The van der Waals surface area contributed by atoms with Crippen molar-refractivity contribution in [2.24, 2.45) is 11.3 Å². The van der Waals surface area contributed by atoms with Gasteiger partial charge < -0.3 is 20.5 Å². The molecule has 0 bridgehead atoms. The molecule has 0 spiro atoms. The fraction of sp³-hybridized carbons (Fsp3) is 0.423. The van der Waals surface area contributed by atoms with Crippen molar-refractivity contribution in [3.05, 3.63) is 59.7 Å². The predicted molar refractivity (Wildman–Crippen MR) is 122 cm³/mol. The molecule has 2 aromatic rings. The molecule has 172 valence electrons. The summed E-state index contributed by atoms with van der Waals surface area (Å²) in [7, 11) is 0. The average Bonchev–Trinajstić information content (AvgIpc) is 3.24. The number of carbonyl (C=O) groups excluding carboxylic acids is 2. The van der Waals surface area contributed by atoms with E-state index in [-0.39, 0.29) is 30.4 Å². The number of hydrogen-bond acceptors (Lipinski definition) is 4. The second-order valence-corrected chi connectivity index (χ2v) is 9.44. The summed E-state index contributed by atoms with van der Waals surface area (Å²) in [5, 5.41) is 14.8. The van der Waals surface area contributed by atoms with Gasteiger partial charge in [0, 0.05) is 12.0 Å². The van der Waals surface area contributed by atoms with Gasteiger partial charge in [-0.25, -0.2) is 9.59 Å². The van der Waals surface area contributed by atoms with Crippen molar-refractivity contribution in [1.29, 1.82) is 0 Å². The standard InChI is InChI=1S/C26H28N2O5/c1-2-22(23(29)30)28-24(31)26-12-15(26)11-16(13-26)27-25(32)33-14-21-19-9-5-3-7-17(19)18-8-4-6-10-20(18)21/h3-10,15-16,21-22H,2,11-14H2,1H3,(H,27,32)(H,28,31)(H,29,30)/t15-,16+,22-,26+/m0/s1. The van der Waals surface area contributed by atoms with Crippen LogP contribution in [-0.4, -0.2) is 41.8 Å². The van der Waals surface area contributed by atoms with Crippen LogP contribution in [0.4, 0.5) is 4.79 Å². The van der Waals surface area contributed by atoms with Crippen LogP contribution in [0.1, 0.15) is 49.7 Å². The fourth-order valence-corrected chi connectivity index (χ4v) is 5.73. The first-order valence-electron chi connectivity index (χ1n) is 11.6.